The fourth-order valence-electron chi connectivity index (χ4n) is 8.31. The number of hydrogen-bond donors (Lipinski definition) is 0. The first-order valence-corrected chi connectivity index (χ1v) is 18.2. The summed E-state index contributed by atoms with van der Waals surface area (Å²) in [6, 6.07) is 69.6. The zero-order chi connectivity index (χ0) is 35.6. The monoisotopic (exact) mass is 882 g/mol. The van der Waals surface area contributed by atoms with Crippen molar-refractivity contribution in [1.29, 1.82) is 0 Å². The summed E-state index contributed by atoms with van der Waals surface area (Å²) in [7, 11) is 0. The van der Waals surface area contributed by atoms with Gasteiger partial charge in [-0.1, -0.05) is 84.9 Å². The Bertz CT molecular complexity index is 2830. The first kappa shape index (κ1) is 33.1. The fraction of sp³-hybridized carbons (Fsp3) is 0. The van der Waals surface area contributed by atoms with E-state index in [0.717, 1.165) is 84.4 Å². The summed E-state index contributed by atoms with van der Waals surface area (Å²) in [6.07, 6.45) is 1.85. The number of nitrogens with zero attached hydrogens (tertiary/aromatic N) is 5. The van der Waals surface area contributed by atoms with Gasteiger partial charge in [0, 0.05) is 34.6 Å². The zero-order valence-electron chi connectivity index (χ0n) is 29.5. The molecule has 0 aliphatic carbocycles. The smallest absolute Gasteiger partial charge is 0.353 e. The van der Waals surface area contributed by atoms with Crippen molar-refractivity contribution in [3.63, 3.8) is 0 Å². The number of aromatic nitrogens is 3. The maximum atomic E-state index is 5.26. The summed E-state index contributed by atoms with van der Waals surface area (Å²) in [5, 5.41) is 0. The number of anilines is 6. The van der Waals surface area contributed by atoms with Gasteiger partial charge in [0.05, 0.1) is 16.9 Å². The van der Waals surface area contributed by atoms with Crippen LogP contribution in [-0.4, -0.2) is 21.2 Å². The SMILES string of the molecule is [Pt+2].[c-]1c(-c2ccccn2)ccc2c1B1c3[c-]c(-c4nc5ccccc5n4-c4ccccc4)ccc3N(c3ccccc3)c3cccc(c31)N2c1ccccc1. The van der Waals surface area contributed by atoms with E-state index in [-0.39, 0.29) is 27.8 Å². The van der Waals surface area contributed by atoms with Crippen LogP contribution in [0.2, 0.25) is 0 Å². The molecule has 260 valence electrons. The summed E-state index contributed by atoms with van der Waals surface area (Å²) in [5.74, 6) is 0.851. The van der Waals surface area contributed by atoms with Gasteiger partial charge in [0.1, 0.15) is 0 Å². The van der Waals surface area contributed by atoms with Crippen molar-refractivity contribution < 1.29 is 21.1 Å². The Kier molecular flexibility index (Phi) is 8.08. The summed E-state index contributed by atoms with van der Waals surface area (Å²) < 4.78 is 2.25. The van der Waals surface area contributed by atoms with Gasteiger partial charge in [-0.3, -0.25) is 4.98 Å². The predicted octanol–water partition coefficient (Wildman–Crippen LogP) is 9.43. The Morgan fingerprint density at radius 2 is 1.00 bits per heavy atom. The largest absolute Gasteiger partial charge is 2.00 e. The van der Waals surface area contributed by atoms with Crippen LogP contribution in [0.3, 0.4) is 0 Å². The molecule has 11 rings (SSSR count). The van der Waals surface area contributed by atoms with Gasteiger partial charge in [0.15, 0.2) is 0 Å². The minimum atomic E-state index is -0.167. The van der Waals surface area contributed by atoms with Crippen molar-refractivity contribution in [3.05, 3.63) is 194 Å². The molecule has 0 saturated heterocycles. The van der Waals surface area contributed by atoms with Crippen LogP contribution in [0.5, 0.6) is 0 Å². The van der Waals surface area contributed by atoms with Gasteiger partial charge in [-0.15, -0.1) is 58.5 Å². The van der Waals surface area contributed by atoms with E-state index in [1.807, 2.05) is 24.4 Å². The number of fused-ring (bicyclic) bond motifs is 5. The fourth-order valence-corrected chi connectivity index (χ4v) is 8.31. The number of pyridine rings is 1. The van der Waals surface area contributed by atoms with Gasteiger partial charge in [-0.2, -0.15) is 0 Å². The molecule has 0 bridgehead atoms. The van der Waals surface area contributed by atoms with E-state index in [9.17, 15) is 0 Å². The maximum absolute atomic E-state index is 5.26. The topological polar surface area (TPSA) is 37.2 Å². The third kappa shape index (κ3) is 5.28. The Hall–Kier alpha value is -6.49. The Morgan fingerprint density at radius 3 is 1.62 bits per heavy atom. The van der Waals surface area contributed by atoms with E-state index in [2.05, 4.69) is 184 Å². The molecule has 2 aliphatic rings. The average molecular weight is 883 g/mol. The summed E-state index contributed by atoms with van der Waals surface area (Å²) in [6.45, 7) is -0.167. The molecule has 5 nitrogen and oxygen atoms in total. The van der Waals surface area contributed by atoms with E-state index < -0.39 is 0 Å². The van der Waals surface area contributed by atoms with E-state index >= 15 is 0 Å². The number of rotatable bonds is 5. The Balaban J connectivity index is 0.00000372. The van der Waals surface area contributed by atoms with E-state index in [1.165, 1.54) is 5.46 Å². The van der Waals surface area contributed by atoms with Gasteiger partial charge < -0.3 is 19.4 Å². The molecular formula is C48H30BN5Pt. The Morgan fingerprint density at radius 1 is 0.455 bits per heavy atom. The van der Waals surface area contributed by atoms with Crippen LogP contribution < -0.4 is 26.2 Å². The molecule has 4 heterocycles. The second kappa shape index (κ2) is 13.4. The van der Waals surface area contributed by atoms with Crippen LogP contribution >= 0.6 is 0 Å². The third-order valence-corrected chi connectivity index (χ3v) is 10.6. The molecule has 7 heteroatoms. The second-order valence-corrected chi connectivity index (χ2v) is 13.6. The molecule has 0 fully saturated rings. The van der Waals surface area contributed by atoms with Gasteiger partial charge >= 0.3 is 21.1 Å². The minimum Gasteiger partial charge on any atom is -0.353 e. The van der Waals surface area contributed by atoms with Crippen molar-refractivity contribution in [1.82, 2.24) is 14.5 Å². The van der Waals surface area contributed by atoms with Crippen LogP contribution in [0, 0.1) is 12.1 Å². The molecule has 55 heavy (non-hydrogen) atoms. The molecule has 0 radical (unpaired) electrons. The summed E-state index contributed by atoms with van der Waals surface area (Å²) in [4.78, 5) is 14.8. The maximum Gasteiger partial charge on any atom is 2.00 e. The Labute approximate surface area is 334 Å². The molecule has 0 saturated carbocycles. The standard InChI is InChI=1S/C48H30BN5.Pt/c1-4-15-35(16-5-1)52-42-28-26-33(40-21-12-13-30-50-40)31-38(42)49-39-32-34(48-51-41-22-10-11-23-44(41)54(48)37-19-8-3-9-20-37)27-29-43(39)53(36-17-6-2-7-18-36)46-25-14-24-45(52)47(46)49;/h1-30H;/q-2;+2. The molecule has 9 aromatic rings. The quantitative estimate of drug-likeness (QED) is 0.128. The van der Waals surface area contributed by atoms with Crippen molar-refractivity contribution in [2.24, 2.45) is 0 Å². The van der Waals surface area contributed by atoms with Gasteiger partial charge in [-0.05, 0) is 89.3 Å². The molecule has 0 unspecified atom stereocenters. The van der Waals surface area contributed by atoms with Gasteiger partial charge in [0.25, 0.3) is 0 Å². The average Bonchev–Trinajstić information content (AvgIpc) is 3.64. The van der Waals surface area contributed by atoms with Crippen molar-refractivity contribution in [2.75, 3.05) is 9.80 Å². The molecule has 7 aromatic carbocycles. The van der Waals surface area contributed by atoms with E-state index in [4.69, 9.17) is 9.97 Å². The molecule has 0 amide bonds. The van der Waals surface area contributed by atoms with E-state index in [1.54, 1.807) is 0 Å². The normalized spacial score (nSPS) is 12.5. The minimum absolute atomic E-state index is 0. The van der Waals surface area contributed by atoms with Crippen LogP contribution in [0.4, 0.5) is 34.1 Å². The van der Waals surface area contributed by atoms with Crippen LogP contribution in [-0.2, 0) is 21.1 Å². The van der Waals surface area contributed by atoms with Gasteiger partial charge in [0.2, 0.25) is 6.71 Å². The molecule has 0 atom stereocenters. The first-order valence-electron chi connectivity index (χ1n) is 18.2. The predicted molar refractivity (Wildman–Crippen MR) is 221 cm³/mol. The molecule has 0 N–H and O–H groups in total. The third-order valence-electron chi connectivity index (χ3n) is 10.6. The van der Waals surface area contributed by atoms with Crippen molar-refractivity contribution in [3.8, 4) is 28.3 Å². The zero-order valence-corrected chi connectivity index (χ0v) is 31.7. The van der Waals surface area contributed by atoms with Crippen molar-refractivity contribution in [2.45, 2.75) is 0 Å². The van der Waals surface area contributed by atoms with Crippen LogP contribution in [0.15, 0.2) is 182 Å². The molecular weight excluding hydrogens is 852 g/mol. The van der Waals surface area contributed by atoms with Crippen LogP contribution in [0.1, 0.15) is 0 Å². The first-order chi connectivity index (χ1) is 26.8. The number of para-hydroxylation sites is 5. The van der Waals surface area contributed by atoms with Crippen LogP contribution in [0.25, 0.3) is 39.4 Å². The van der Waals surface area contributed by atoms with E-state index in [0.29, 0.717) is 0 Å². The van der Waals surface area contributed by atoms with Crippen molar-refractivity contribution >= 4 is 68.3 Å². The summed E-state index contributed by atoms with van der Waals surface area (Å²) in [5.41, 5.74) is 15.8. The molecule has 0 spiro atoms. The van der Waals surface area contributed by atoms with Gasteiger partial charge in [-0.25, -0.2) is 0 Å². The second-order valence-electron chi connectivity index (χ2n) is 13.6. The molecule has 2 aliphatic heterocycles. The number of hydrogen-bond acceptors (Lipinski definition) is 4. The molecule has 2 aromatic heterocycles. The summed E-state index contributed by atoms with van der Waals surface area (Å²) >= 11 is 0. The number of benzene rings is 7. The number of imidazole rings is 1.